The molecule has 180 valence electrons. The van der Waals surface area contributed by atoms with Gasteiger partial charge < -0.3 is 19.9 Å². The zero-order chi connectivity index (χ0) is 24.1. The molecule has 0 aromatic heterocycles. The fourth-order valence-electron chi connectivity index (χ4n) is 5.23. The molecule has 2 N–H and O–H groups in total. The summed E-state index contributed by atoms with van der Waals surface area (Å²) in [7, 11) is -0.394. The van der Waals surface area contributed by atoms with E-state index in [1.807, 2.05) is 0 Å². The molecule has 34 heavy (non-hydrogen) atoms. The van der Waals surface area contributed by atoms with Crippen LogP contribution in [0.25, 0.3) is 0 Å². The molecule has 1 atom stereocenters. The molecule has 7 heteroatoms. The van der Waals surface area contributed by atoms with Crippen molar-refractivity contribution in [2.24, 2.45) is 5.73 Å². The Morgan fingerprint density at radius 3 is 2.44 bits per heavy atom. The lowest BCUT2D eigenvalue weighted by molar-refractivity contribution is -0.131. The third kappa shape index (κ3) is 4.32. The first-order valence-electron chi connectivity index (χ1n) is 12.4. The van der Waals surface area contributed by atoms with Gasteiger partial charge in [-0.1, -0.05) is 36.4 Å². The van der Waals surface area contributed by atoms with Crippen molar-refractivity contribution in [2.75, 3.05) is 13.1 Å². The van der Waals surface area contributed by atoms with Gasteiger partial charge in [0.1, 0.15) is 0 Å². The van der Waals surface area contributed by atoms with Crippen molar-refractivity contribution in [3.63, 3.8) is 0 Å². The Hall–Kier alpha value is -1.80. The molecule has 5 rings (SSSR count). The minimum atomic E-state index is -0.394. The highest BCUT2D eigenvalue weighted by atomic mass is 32.2. The third-order valence-corrected chi connectivity index (χ3v) is 9.36. The van der Waals surface area contributed by atoms with Crippen LogP contribution in [0.2, 0.25) is 0 Å². The first kappa shape index (κ1) is 23.9. The van der Waals surface area contributed by atoms with Crippen molar-refractivity contribution >= 4 is 30.3 Å². The Morgan fingerprint density at radius 2 is 1.76 bits per heavy atom. The van der Waals surface area contributed by atoms with Crippen LogP contribution in [0, 0.1) is 0 Å². The number of hydrogen-bond acceptors (Lipinski definition) is 5. The van der Waals surface area contributed by atoms with Gasteiger partial charge in [0.25, 0.3) is 0 Å². The molecular weight excluding hydrogens is 443 g/mol. The Bertz CT molecular complexity index is 1070. The average Bonchev–Trinajstić information content (AvgIpc) is 3.36. The SMILES string of the molecule is CC1(C)OB(c2cccc3c2CC(C(=O)N2CCC(c4cccc(CN)c4)CC2)S3)OC1(C)C. The quantitative estimate of drug-likeness (QED) is 0.676. The van der Waals surface area contributed by atoms with Crippen molar-refractivity contribution in [2.45, 2.75) is 80.8 Å². The number of fused-ring (bicyclic) bond motifs is 1. The lowest BCUT2D eigenvalue weighted by Crippen LogP contribution is -2.43. The maximum Gasteiger partial charge on any atom is 0.495 e. The van der Waals surface area contributed by atoms with Gasteiger partial charge in [0, 0.05) is 24.5 Å². The summed E-state index contributed by atoms with van der Waals surface area (Å²) in [6.45, 7) is 10.5. The summed E-state index contributed by atoms with van der Waals surface area (Å²) in [5.41, 5.74) is 9.86. The minimum absolute atomic E-state index is 0.0734. The summed E-state index contributed by atoms with van der Waals surface area (Å²) >= 11 is 1.70. The molecule has 2 aromatic rings. The number of rotatable bonds is 4. The van der Waals surface area contributed by atoms with Gasteiger partial charge in [0.15, 0.2) is 0 Å². The Morgan fingerprint density at radius 1 is 1.09 bits per heavy atom. The number of likely N-dealkylation sites (tertiary alicyclic amines) is 1. The van der Waals surface area contributed by atoms with Gasteiger partial charge in [-0.3, -0.25) is 4.79 Å². The van der Waals surface area contributed by atoms with E-state index in [-0.39, 0.29) is 22.4 Å². The number of carbonyl (C=O) groups excluding carboxylic acids is 1. The number of benzene rings is 2. The summed E-state index contributed by atoms with van der Waals surface area (Å²) in [6.07, 6.45) is 2.74. The summed E-state index contributed by atoms with van der Waals surface area (Å²) in [4.78, 5) is 16.7. The summed E-state index contributed by atoms with van der Waals surface area (Å²) in [6, 6.07) is 14.9. The van der Waals surface area contributed by atoms with Crippen molar-refractivity contribution in [3.05, 3.63) is 59.2 Å². The smallest absolute Gasteiger partial charge is 0.399 e. The first-order chi connectivity index (χ1) is 16.2. The average molecular weight is 478 g/mol. The Labute approximate surface area is 207 Å². The van der Waals surface area contributed by atoms with Gasteiger partial charge in [-0.15, -0.1) is 11.8 Å². The molecule has 5 nitrogen and oxygen atoms in total. The van der Waals surface area contributed by atoms with E-state index in [9.17, 15) is 4.79 Å². The molecule has 0 saturated carbocycles. The van der Waals surface area contributed by atoms with Gasteiger partial charge in [0.05, 0.1) is 16.5 Å². The van der Waals surface area contributed by atoms with Crippen LogP contribution in [0.4, 0.5) is 0 Å². The molecule has 0 spiro atoms. The van der Waals surface area contributed by atoms with Crippen molar-refractivity contribution in [1.29, 1.82) is 0 Å². The molecule has 3 aliphatic heterocycles. The maximum atomic E-state index is 13.5. The van der Waals surface area contributed by atoms with Crippen LogP contribution >= 0.6 is 11.8 Å². The molecule has 0 radical (unpaired) electrons. The van der Waals surface area contributed by atoms with Gasteiger partial charge >= 0.3 is 7.12 Å². The summed E-state index contributed by atoms with van der Waals surface area (Å²) < 4.78 is 12.6. The van der Waals surface area contributed by atoms with E-state index in [0.717, 1.165) is 37.8 Å². The van der Waals surface area contributed by atoms with E-state index in [2.05, 4.69) is 75.1 Å². The highest BCUT2D eigenvalue weighted by Gasteiger charge is 2.52. The minimum Gasteiger partial charge on any atom is -0.399 e. The van der Waals surface area contributed by atoms with Gasteiger partial charge in [-0.2, -0.15) is 0 Å². The molecular formula is C27H35BN2O3S. The predicted octanol–water partition coefficient (Wildman–Crippen LogP) is 3.87. The molecule has 3 heterocycles. The Balaban J connectivity index is 1.24. The molecule has 2 saturated heterocycles. The van der Waals surface area contributed by atoms with Crippen molar-refractivity contribution in [3.8, 4) is 0 Å². The van der Waals surface area contributed by atoms with Crippen LogP contribution in [-0.2, 0) is 27.1 Å². The van der Waals surface area contributed by atoms with E-state index in [1.165, 1.54) is 21.6 Å². The molecule has 0 bridgehead atoms. The van der Waals surface area contributed by atoms with Crippen LogP contribution < -0.4 is 11.2 Å². The lowest BCUT2D eigenvalue weighted by Gasteiger charge is -2.33. The normalized spacial score (nSPS) is 23.9. The van der Waals surface area contributed by atoms with Crippen LogP contribution in [0.3, 0.4) is 0 Å². The molecule has 1 amide bonds. The van der Waals surface area contributed by atoms with E-state index in [4.69, 9.17) is 15.0 Å². The second-order valence-corrected chi connectivity index (χ2v) is 12.0. The van der Waals surface area contributed by atoms with E-state index >= 15 is 0 Å². The van der Waals surface area contributed by atoms with Crippen LogP contribution in [0.15, 0.2) is 47.4 Å². The second kappa shape index (κ2) is 9.01. The molecule has 2 fully saturated rings. The number of amides is 1. The second-order valence-electron chi connectivity index (χ2n) is 10.8. The van der Waals surface area contributed by atoms with E-state index in [0.29, 0.717) is 12.5 Å². The monoisotopic (exact) mass is 478 g/mol. The predicted molar refractivity (Wildman–Crippen MR) is 138 cm³/mol. The topological polar surface area (TPSA) is 64.8 Å². The fraction of sp³-hybridized carbons (Fsp3) is 0.519. The summed E-state index contributed by atoms with van der Waals surface area (Å²) in [5, 5.41) is -0.0734. The van der Waals surface area contributed by atoms with Crippen LogP contribution in [-0.4, -0.2) is 47.5 Å². The number of piperidine rings is 1. The first-order valence-corrected chi connectivity index (χ1v) is 13.3. The van der Waals surface area contributed by atoms with Gasteiger partial charge in [-0.25, -0.2) is 0 Å². The highest BCUT2D eigenvalue weighted by molar-refractivity contribution is 8.01. The molecule has 1 unspecified atom stereocenters. The van der Waals surface area contributed by atoms with Crippen LogP contribution in [0.1, 0.15) is 63.1 Å². The number of nitrogens with zero attached hydrogens (tertiary/aromatic N) is 1. The van der Waals surface area contributed by atoms with Gasteiger partial charge in [0.2, 0.25) is 5.91 Å². The molecule has 3 aliphatic rings. The lowest BCUT2D eigenvalue weighted by atomic mass is 9.75. The number of hydrogen-bond donors (Lipinski definition) is 1. The standard InChI is InChI=1S/C27H35BN2O3S/c1-26(2)27(3,4)33-28(32-26)22-9-6-10-23-21(22)16-24(34-23)25(31)30-13-11-19(12-14-30)20-8-5-7-18(15-20)17-29/h5-10,15,19,24H,11-14,16-17,29H2,1-4H3. The van der Waals surface area contributed by atoms with E-state index in [1.54, 1.807) is 11.8 Å². The maximum absolute atomic E-state index is 13.5. The summed E-state index contributed by atoms with van der Waals surface area (Å²) in [5.74, 6) is 0.759. The number of carbonyl (C=O) groups is 1. The highest BCUT2D eigenvalue weighted by Crippen LogP contribution is 2.41. The van der Waals surface area contributed by atoms with Crippen molar-refractivity contribution in [1.82, 2.24) is 4.90 Å². The Kier molecular flexibility index (Phi) is 6.34. The van der Waals surface area contributed by atoms with E-state index < -0.39 is 7.12 Å². The van der Waals surface area contributed by atoms with Crippen molar-refractivity contribution < 1.29 is 14.1 Å². The third-order valence-electron chi connectivity index (χ3n) is 8.08. The molecule has 2 aromatic carbocycles. The zero-order valence-electron chi connectivity index (χ0n) is 20.7. The number of nitrogens with two attached hydrogens (primary N) is 1. The number of thioether (sulfide) groups is 1. The van der Waals surface area contributed by atoms with Gasteiger partial charge in [-0.05, 0) is 81.1 Å². The zero-order valence-corrected chi connectivity index (χ0v) is 21.5. The van der Waals surface area contributed by atoms with Crippen LogP contribution in [0.5, 0.6) is 0 Å². The fourth-order valence-corrected chi connectivity index (χ4v) is 6.54. The largest absolute Gasteiger partial charge is 0.495 e. The molecule has 0 aliphatic carbocycles.